The minimum Gasteiger partial charge on any atom is -0.444 e. The number of hydrogen-bond acceptors (Lipinski definition) is 4. The number of alkyl carbamates (subject to hydrolysis) is 1. The van der Waals surface area contributed by atoms with E-state index in [2.05, 4.69) is 10.6 Å². The van der Waals surface area contributed by atoms with Crippen LogP contribution in [0, 0.1) is 13.8 Å². The number of carbonyl (C=O) groups is 3. The highest BCUT2D eigenvalue weighted by Gasteiger charge is 2.39. The first-order valence-corrected chi connectivity index (χ1v) is 12.2. The summed E-state index contributed by atoms with van der Waals surface area (Å²) in [7, 11) is 0. The second kappa shape index (κ2) is 11.4. The molecule has 2 aromatic carbocycles. The Bertz CT molecular complexity index is 1040. The average molecular weight is 480 g/mol. The van der Waals surface area contributed by atoms with E-state index in [1.807, 2.05) is 62.4 Å². The lowest BCUT2D eigenvalue weighted by molar-refractivity contribution is -0.145. The predicted octanol–water partition coefficient (Wildman–Crippen LogP) is 4.57. The number of ether oxygens (including phenoxy) is 1. The summed E-state index contributed by atoms with van der Waals surface area (Å²) < 4.78 is 5.28. The van der Waals surface area contributed by atoms with Crippen LogP contribution in [0.2, 0.25) is 0 Å². The van der Waals surface area contributed by atoms with Crippen molar-refractivity contribution in [3.05, 3.63) is 70.8 Å². The number of benzene rings is 2. The van der Waals surface area contributed by atoms with Crippen molar-refractivity contribution in [2.45, 2.75) is 78.1 Å². The SMILES string of the molecule is Cc1ccc(C(C(=O)NCc2ccccc2)N(C(=O)CNC(=O)OC(C)(C)C)C2CCC2)cc1C. The molecule has 2 N–H and O–H groups in total. The van der Waals surface area contributed by atoms with Gasteiger partial charge in [-0.3, -0.25) is 9.59 Å². The lowest BCUT2D eigenvalue weighted by atomic mass is 9.88. The third kappa shape index (κ3) is 7.31. The van der Waals surface area contributed by atoms with Crippen molar-refractivity contribution in [1.29, 1.82) is 0 Å². The molecule has 0 aromatic heterocycles. The van der Waals surface area contributed by atoms with Gasteiger partial charge in [-0.15, -0.1) is 0 Å². The highest BCUT2D eigenvalue weighted by Crippen LogP contribution is 2.33. The summed E-state index contributed by atoms with van der Waals surface area (Å²) in [6.07, 6.45) is 1.99. The summed E-state index contributed by atoms with van der Waals surface area (Å²) in [5.74, 6) is -0.548. The predicted molar refractivity (Wildman–Crippen MR) is 136 cm³/mol. The maximum absolute atomic E-state index is 13.6. The molecule has 7 heteroatoms. The molecule has 35 heavy (non-hydrogen) atoms. The molecule has 1 aliphatic carbocycles. The van der Waals surface area contributed by atoms with Gasteiger partial charge in [0.1, 0.15) is 18.2 Å². The second-order valence-corrected chi connectivity index (χ2v) is 10.2. The van der Waals surface area contributed by atoms with Crippen LogP contribution in [-0.2, 0) is 20.9 Å². The molecule has 188 valence electrons. The third-order valence-electron chi connectivity index (χ3n) is 6.22. The smallest absolute Gasteiger partial charge is 0.408 e. The zero-order valence-electron chi connectivity index (χ0n) is 21.4. The van der Waals surface area contributed by atoms with E-state index in [4.69, 9.17) is 4.74 Å². The van der Waals surface area contributed by atoms with Gasteiger partial charge < -0.3 is 20.3 Å². The van der Waals surface area contributed by atoms with Crippen molar-refractivity contribution < 1.29 is 19.1 Å². The molecule has 0 spiro atoms. The van der Waals surface area contributed by atoms with E-state index in [1.54, 1.807) is 25.7 Å². The maximum Gasteiger partial charge on any atom is 0.408 e. The van der Waals surface area contributed by atoms with E-state index < -0.39 is 17.7 Å². The first-order chi connectivity index (χ1) is 16.5. The van der Waals surface area contributed by atoms with E-state index in [1.165, 1.54) is 0 Å². The quantitative estimate of drug-likeness (QED) is 0.581. The van der Waals surface area contributed by atoms with E-state index in [0.29, 0.717) is 6.54 Å². The van der Waals surface area contributed by atoms with Crippen LogP contribution in [-0.4, -0.2) is 41.0 Å². The summed E-state index contributed by atoms with van der Waals surface area (Å²) in [5.41, 5.74) is 3.24. The molecule has 0 bridgehead atoms. The number of hydrogen-bond donors (Lipinski definition) is 2. The third-order valence-corrected chi connectivity index (χ3v) is 6.22. The molecule has 1 aliphatic rings. The number of amides is 3. The summed E-state index contributed by atoms with van der Waals surface area (Å²) in [6.45, 7) is 9.44. The van der Waals surface area contributed by atoms with Crippen molar-refractivity contribution in [3.63, 3.8) is 0 Å². The largest absolute Gasteiger partial charge is 0.444 e. The maximum atomic E-state index is 13.6. The molecule has 3 amide bonds. The van der Waals surface area contributed by atoms with Crippen molar-refractivity contribution in [2.75, 3.05) is 6.54 Å². The van der Waals surface area contributed by atoms with Gasteiger partial charge in [0.15, 0.2) is 0 Å². The average Bonchev–Trinajstić information content (AvgIpc) is 2.76. The van der Waals surface area contributed by atoms with Crippen molar-refractivity contribution in [3.8, 4) is 0 Å². The highest BCUT2D eigenvalue weighted by atomic mass is 16.6. The van der Waals surface area contributed by atoms with Crippen LogP contribution in [0.1, 0.15) is 68.3 Å². The van der Waals surface area contributed by atoms with Crippen molar-refractivity contribution in [2.24, 2.45) is 0 Å². The Hall–Kier alpha value is -3.35. The van der Waals surface area contributed by atoms with Gasteiger partial charge in [0, 0.05) is 12.6 Å². The molecule has 7 nitrogen and oxygen atoms in total. The topological polar surface area (TPSA) is 87.7 Å². The molecule has 3 rings (SSSR count). The Kier molecular flexibility index (Phi) is 8.54. The van der Waals surface area contributed by atoms with Gasteiger partial charge in [-0.2, -0.15) is 0 Å². The van der Waals surface area contributed by atoms with Crippen molar-refractivity contribution >= 4 is 17.9 Å². The van der Waals surface area contributed by atoms with Gasteiger partial charge in [-0.25, -0.2) is 4.79 Å². The Morgan fingerprint density at radius 1 is 1.00 bits per heavy atom. The molecule has 2 aromatic rings. The van der Waals surface area contributed by atoms with Crippen LogP contribution in [0.25, 0.3) is 0 Å². The summed E-state index contributed by atoms with van der Waals surface area (Å²) >= 11 is 0. The van der Waals surface area contributed by atoms with Crippen LogP contribution in [0.3, 0.4) is 0 Å². The van der Waals surface area contributed by atoms with Gasteiger partial charge in [-0.1, -0.05) is 48.5 Å². The zero-order chi connectivity index (χ0) is 25.6. The molecular formula is C28H37N3O4. The fraction of sp³-hybridized carbons (Fsp3) is 0.464. The van der Waals surface area contributed by atoms with E-state index >= 15 is 0 Å². The minimum atomic E-state index is -0.795. The Balaban J connectivity index is 1.86. The summed E-state index contributed by atoms with van der Waals surface area (Å²) in [4.78, 5) is 40.9. The molecule has 1 saturated carbocycles. The fourth-order valence-electron chi connectivity index (χ4n) is 4.03. The standard InChI is InChI=1S/C28H37N3O4/c1-19-14-15-22(16-20(19)2)25(26(33)29-17-21-10-7-6-8-11-21)31(23-12-9-13-23)24(32)18-30-27(34)35-28(3,4)5/h6-8,10-11,14-16,23,25H,9,12-13,17-18H2,1-5H3,(H,29,33)(H,30,34). The number of rotatable bonds is 8. The van der Waals surface area contributed by atoms with Crippen LogP contribution in [0.4, 0.5) is 4.79 Å². The highest BCUT2D eigenvalue weighted by molar-refractivity contribution is 5.90. The molecule has 1 unspecified atom stereocenters. The van der Waals surface area contributed by atoms with Gasteiger partial charge >= 0.3 is 6.09 Å². The lowest BCUT2D eigenvalue weighted by Gasteiger charge is -2.42. The van der Waals surface area contributed by atoms with Crippen LogP contribution in [0.15, 0.2) is 48.5 Å². The summed E-state index contributed by atoms with van der Waals surface area (Å²) in [6, 6.07) is 14.7. The Morgan fingerprint density at radius 3 is 2.26 bits per heavy atom. The van der Waals surface area contributed by atoms with Gasteiger partial charge in [0.2, 0.25) is 11.8 Å². The molecule has 0 radical (unpaired) electrons. The number of nitrogens with one attached hydrogen (secondary N) is 2. The Labute approximate surface area is 208 Å². The van der Waals surface area contributed by atoms with Crippen LogP contribution in [0.5, 0.6) is 0 Å². The van der Waals surface area contributed by atoms with E-state index in [9.17, 15) is 14.4 Å². The number of aryl methyl sites for hydroxylation is 2. The number of nitrogens with zero attached hydrogens (tertiary/aromatic N) is 1. The molecule has 0 aliphatic heterocycles. The van der Waals surface area contributed by atoms with E-state index in [0.717, 1.165) is 41.5 Å². The Morgan fingerprint density at radius 2 is 1.69 bits per heavy atom. The van der Waals surface area contributed by atoms with Crippen LogP contribution >= 0.6 is 0 Å². The molecule has 1 atom stereocenters. The normalized spacial score (nSPS) is 14.4. The van der Waals surface area contributed by atoms with Gasteiger partial charge in [-0.05, 0) is 76.1 Å². The summed E-state index contributed by atoms with van der Waals surface area (Å²) in [5, 5.41) is 5.58. The zero-order valence-corrected chi connectivity index (χ0v) is 21.4. The molecule has 1 fully saturated rings. The first-order valence-electron chi connectivity index (χ1n) is 12.2. The van der Waals surface area contributed by atoms with Crippen molar-refractivity contribution in [1.82, 2.24) is 15.5 Å². The van der Waals surface area contributed by atoms with Crippen LogP contribution < -0.4 is 10.6 Å². The van der Waals surface area contributed by atoms with Gasteiger partial charge in [0.05, 0.1) is 0 Å². The van der Waals surface area contributed by atoms with E-state index in [-0.39, 0.29) is 24.4 Å². The minimum absolute atomic E-state index is 0.0583. The number of carbonyl (C=O) groups excluding carboxylic acids is 3. The molecule has 0 heterocycles. The van der Waals surface area contributed by atoms with Gasteiger partial charge in [0.25, 0.3) is 0 Å². The lowest BCUT2D eigenvalue weighted by Crippen LogP contribution is -2.53. The monoisotopic (exact) mass is 479 g/mol. The molecular weight excluding hydrogens is 442 g/mol. The molecule has 0 saturated heterocycles. The fourth-order valence-corrected chi connectivity index (χ4v) is 4.03. The first kappa shape index (κ1) is 26.3. The second-order valence-electron chi connectivity index (χ2n) is 10.2.